The predicted octanol–water partition coefficient (Wildman–Crippen LogP) is 1.84. The van der Waals surface area contributed by atoms with Crippen molar-refractivity contribution in [3.05, 3.63) is 59.9 Å². The van der Waals surface area contributed by atoms with Crippen molar-refractivity contribution in [1.82, 2.24) is 10.3 Å². The van der Waals surface area contributed by atoms with Crippen LogP contribution in [0.5, 0.6) is 0 Å². The van der Waals surface area contributed by atoms with Crippen molar-refractivity contribution in [3.8, 4) is 6.07 Å². The van der Waals surface area contributed by atoms with Gasteiger partial charge >= 0.3 is 0 Å². The van der Waals surface area contributed by atoms with Crippen LogP contribution in [0.2, 0.25) is 0 Å². The second-order valence-corrected chi connectivity index (χ2v) is 5.70. The van der Waals surface area contributed by atoms with Crippen molar-refractivity contribution < 1.29 is 9.59 Å². The molecule has 0 aliphatic heterocycles. The van der Waals surface area contributed by atoms with Crippen LogP contribution in [0.1, 0.15) is 17.5 Å². The summed E-state index contributed by atoms with van der Waals surface area (Å²) in [7, 11) is 0. The first-order chi connectivity index (χ1) is 11.7. The molecule has 1 aromatic carbocycles. The summed E-state index contributed by atoms with van der Waals surface area (Å²) in [6, 6.07) is 12.4. The van der Waals surface area contributed by atoms with E-state index in [-0.39, 0.29) is 23.7 Å². The van der Waals surface area contributed by atoms with Crippen LogP contribution in [0.3, 0.4) is 0 Å². The molecular weight excluding hydrogens is 304 g/mol. The maximum Gasteiger partial charge on any atom is 0.228 e. The van der Waals surface area contributed by atoms with Crippen LogP contribution in [0.25, 0.3) is 0 Å². The molecule has 2 amide bonds. The first-order valence-corrected chi connectivity index (χ1v) is 7.65. The van der Waals surface area contributed by atoms with Crippen LogP contribution in [0.15, 0.2) is 48.8 Å². The molecule has 2 N–H and O–H groups in total. The number of benzene rings is 1. The molecule has 1 saturated carbocycles. The highest BCUT2D eigenvalue weighted by atomic mass is 16.2. The predicted molar refractivity (Wildman–Crippen MR) is 87.5 cm³/mol. The molecule has 6 nitrogen and oxygen atoms in total. The van der Waals surface area contributed by atoms with Crippen LogP contribution in [-0.2, 0) is 16.1 Å². The van der Waals surface area contributed by atoms with E-state index < -0.39 is 0 Å². The summed E-state index contributed by atoms with van der Waals surface area (Å²) in [5.74, 6) is -0.897. The van der Waals surface area contributed by atoms with Crippen LogP contribution < -0.4 is 10.6 Å². The first kappa shape index (κ1) is 15.7. The second kappa shape index (κ2) is 6.92. The van der Waals surface area contributed by atoms with E-state index in [4.69, 9.17) is 5.26 Å². The van der Waals surface area contributed by atoms with E-state index >= 15 is 0 Å². The number of hydrogen-bond acceptors (Lipinski definition) is 4. The molecule has 1 aliphatic rings. The SMILES string of the molecule is N#Cc1cccc(NC(=O)C2CC2C(=O)NCc2ccncc2)c1. The molecule has 2 unspecified atom stereocenters. The molecule has 1 aliphatic carbocycles. The minimum Gasteiger partial charge on any atom is -0.352 e. The number of nitrogens with one attached hydrogen (secondary N) is 2. The lowest BCUT2D eigenvalue weighted by molar-refractivity contribution is -0.125. The van der Waals surface area contributed by atoms with Gasteiger partial charge in [-0.3, -0.25) is 14.6 Å². The number of nitriles is 1. The van der Waals surface area contributed by atoms with Crippen molar-refractivity contribution in [1.29, 1.82) is 5.26 Å². The highest BCUT2D eigenvalue weighted by molar-refractivity contribution is 5.99. The van der Waals surface area contributed by atoms with Gasteiger partial charge in [0.2, 0.25) is 11.8 Å². The van der Waals surface area contributed by atoms with Gasteiger partial charge in [0, 0.05) is 24.6 Å². The van der Waals surface area contributed by atoms with Gasteiger partial charge in [-0.15, -0.1) is 0 Å². The third kappa shape index (κ3) is 3.76. The molecule has 0 radical (unpaired) electrons. The number of hydrogen-bond donors (Lipinski definition) is 2. The van der Waals surface area contributed by atoms with E-state index in [1.165, 1.54) is 0 Å². The van der Waals surface area contributed by atoms with Gasteiger partial charge < -0.3 is 10.6 Å². The average molecular weight is 320 g/mol. The lowest BCUT2D eigenvalue weighted by Crippen LogP contribution is -2.27. The second-order valence-electron chi connectivity index (χ2n) is 5.70. The number of carbonyl (C=O) groups excluding carboxylic acids is 2. The quantitative estimate of drug-likeness (QED) is 0.879. The molecule has 3 rings (SSSR count). The molecule has 0 spiro atoms. The van der Waals surface area contributed by atoms with Crippen molar-refractivity contribution >= 4 is 17.5 Å². The summed E-state index contributed by atoms with van der Waals surface area (Å²) in [6.45, 7) is 0.427. The zero-order valence-corrected chi connectivity index (χ0v) is 12.9. The molecule has 1 aromatic heterocycles. The molecule has 1 fully saturated rings. The lowest BCUT2D eigenvalue weighted by Gasteiger charge is -2.06. The van der Waals surface area contributed by atoms with E-state index in [0.717, 1.165) is 5.56 Å². The zero-order valence-electron chi connectivity index (χ0n) is 12.9. The largest absolute Gasteiger partial charge is 0.352 e. The summed E-state index contributed by atoms with van der Waals surface area (Å²) in [5.41, 5.74) is 2.02. The summed E-state index contributed by atoms with van der Waals surface area (Å²) in [4.78, 5) is 28.2. The Hall–Kier alpha value is -3.20. The van der Waals surface area contributed by atoms with Crippen LogP contribution in [-0.4, -0.2) is 16.8 Å². The number of pyridine rings is 1. The van der Waals surface area contributed by atoms with Gasteiger partial charge in [0.25, 0.3) is 0 Å². The Balaban J connectivity index is 1.50. The molecule has 2 atom stereocenters. The van der Waals surface area contributed by atoms with E-state index in [0.29, 0.717) is 24.2 Å². The van der Waals surface area contributed by atoms with Gasteiger partial charge in [-0.25, -0.2) is 0 Å². The van der Waals surface area contributed by atoms with E-state index in [1.807, 2.05) is 18.2 Å². The Morgan fingerprint density at radius 1 is 1.17 bits per heavy atom. The summed E-state index contributed by atoms with van der Waals surface area (Å²) >= 11 is 0. The Morgan fingerprint density at radius 2 is 1.92 bits per heavy atom. The van der Waals surface area contributed by atoms with E-state index in [9.17, 15) is 9.59 Å². The number of aromatic nitrogens is 1. The van der Waals surface area contributed by atoms with Gasteiger partial charge in [-0.2, -0.15) is 5.26 Å². The molecule has 6 heteroatoms. The normalized spacial score (nSPS) is 18.3. The van der Waals surface area contributed by atoms with Gasteiger partial charge in [0.05, 0.1) is 23.5 Å². The third-order valence-corrected chi connectivity index (χ3v) is 3.94. The summed E-state index contributed by atoms with van der Waals surface area (Å²) < 4.78 is 0. The van der Waals surface area contributed by atoms with Crippen LogP contribution in [0, 0.1) is 23.2 Å². The van der Waals surface area contributed by atoms with Crippen molar-refractivity contribution in [3.63, 3.8) is 0 Å². The summed E-state index contributed by atoms with van der Waals surface area (Å²) in [5, 5.41) is 14.5. The molecular formula is C18H16N4O2. The molecule has 24 heavy (non-hydrogen) atoms. The minimum atomic E-state index is -0.312. The zero-order chi connectivity index (χ0) is 16.9. The molecule has 1 heterocycles. The molecule has 120 valence electrons. The van der Waals surface area contributed by atoms with Gasteiger partial charge in [0.15, 0.2) is 0 Å². The number of anilines is 1. The van der Waals surface area contributed by atoms with Crippen molar-refractivity contribution in [2.24, 2.45) is 11.8 Å². The molecule has 0 bridgehead atoms. The van der Waals surface area contributed by atoms with Crippen LogP contribution in [0.4, 0.5) is 5.69 Å². The number of nitrogens with zero attached hydrogens (tertiary/aromatic N) is 2. The maximum atomic E-state index is 12.2. The fourth-order valence-electron chi connectivity index (χ4n) is 2.50. The molecule has 2 aromatic rings. The van der Waals surface area contributed by atoms with Crippen molar-refractivity contribution in [2.45, 2.75) is 13.0 Å². The highest BCUT2D eigenvalue weighted by Gasteiger charge is 2.47. The Kier molecular flexibility index (Phi) is 4.52. The standard InChI is InChI=1S/C18H16N4O2/c19-10-13-2-1-3-14(8-13)22-18(24)16-9-15(16)17(23)21-11-12-4-6-20-7-5-12/h1-8,15-16H,9,11H2,(H,21,23)(H,22,24). The Morgan fingerprint density at radius 3 is 2.67 bits per heavy atom. The van der Waals surface area contributed by atoms with E-state index in [2.05, 4.69) is 15.6 Å². The van der Waals surface area contributed by atoms with Gasteiger partial charge in [-0.1, -0.05) is 6.07 Å². The number of carbonyl (C=O) groups is 2. The lowest BCUT2D eigenvalue weighted by atomic mass is 10.2. The van der Waals surface area contributed by atoms with Crippen LogP contribution >= 0.6 is 0 Å². The fourth-order valence-corrected chi connectivity index (χ4v) is 2.50. The molecule has 0 saturated heterocycles. The third-order valence-electron chi connectivity index (χ3n) is 3.94. The smallest absolute Gasteiger partial charge is 0.228 e. The minimum absolute atomic E-state index is 0.113. The number of rotatable bonds is 5. The Labute approximate surface area is 139 Å². The fraction of sp³-hybridized carbons (Fsp3) is 0.222. The van der Waals surface area contributed by atoms with Gasteiger partial charge in [-0.05, 0) is 42.3 Å². The van der Waals surface area contributed by atoms with E-state index in [1.54, 1.807) is 36.7 Å². The van der Waals surface area contributed by atoms with Crippen molar-refractivity contribution in [2.75, 3.05) is 5.32 Å². The first-order valence-electron chi connectivity index (χ1n) is 7.65. The maximum absolute atomic E-state index is 12.2. The summed E-state index contributed by atoms with van der Waals surface area (Å²) in [6.07, 6.45) is 3.89. The number of amides is 2. The Bertz CT molecular complexity index is 798. The monoisotopic (exact) mass is 320 g/mol. The average Bonchev–Trinajstić information content (AvgIpc) is 3.42. The van der Waals surface area contributed by atoms with Gasteiger partial charge in [0.1, 0.15) is 0 Å². The topological polar surface area (TPSA) is 94.9 Å². The highest BCUT2D eigenvalue weighted by Crippen LogP contribution is 2.39.